The fourth-order valence-corrected chi connectivity index (χ4v) is 2.01. The number of aromatic nitrogens is 3. The topological polar surface area (TPSA) is 51.0 Å². The third-order valence-corrected chi connectivity index (χ3v) is 3.08. The van der Waals surface area contributed by atoms with E-state index in [9.17, 15) is 4.79 Å². The van der Waals surface area contributed by atoms with Gasteiger partial charge in [-0.15, -0.1) is 5.10 Å². The van der Waals surface area contributed by atoms with E-state index in [2.05, 4.69) is 10.1 Å². The molecule has 0 unspecified atom stereocenters. The standard InChI is InChI=1S/C10H15ClN4OS/c1-3-14(4-2)10(16)15-8-12-9(13-15)17-7-5-6-11/h5-6,8H,3-4,7H2,1-2H3. The van der Waals surface area contributed by atoms with Gasteiger partial charge in [-0.2, -0.15) is 4.68 Å². The molecule has 1 aromatic heterocycles. The first kappa shape index (κ1) is 14.1. The van der Waals surface area contributed by atoms with Crippen LogP contribution < -0.4 is 0 Å². The predicted molar refractivity (Wildman–Crippen MR) is 69.5 cm³/mol. The molecule has 0 N–H and O–H groups in total. The Morgan fingerprint density at radius 1 is 1.59 bits per heavy atom. The summed E-state index contributed by atoms with van der Waals surface area (Å²) in [4.78, 5) is 17.6. The van der Waals surface area contributed by atoms with Crippen molar-refractivity contribution in [2.45, 2.75) is 19.0 Å². The summed E-state index contributed by atoms with van der Waals surface area (Å²) in [7, 11) is 0. The molecule has 1 aromatic rings. The highest BCUT2D eigenvalue weighted by molar-refractivity contribution is 7.99. The monoisotopic (exact) mass is 274 g/mol. The third kappa shape index (κ3) is 4.05. The molecule has 0 spiro atoms. The molecule has 0 aromatic carbocycles. The molecule has 1 heterocycles. The van der Waals surface area contributed by atoms with Crippen LogP contribution in [-0.4, -0.2) is 44.5 Å². The van der Waals surface area contributed by atoms with E-state index in [0.29, 0.717) is 24.0 Å². The van der Waals surface area contributed by atoms with Gasteiger partial charge in [0, 0.05) is 24.4 Å². The first-order valence-electron chi connectivity index (χ1n) is 5.31. The van der Waals surface area contributed by atoms with Crippen LogP contribution in [0.25, 0.3) is 0 Å². The van der Waals surface area contributed by atoms with E-state index in [1.807, 2.05) is 13.8 Å². The Morgan fingerprint density at radius 2 is 2.29 bits per heavy atom. The van der Waals surface area contributed by atoms with Crippen LogP contribution >= 0.6 is 23.4 Å². The van der Waals surface area contributed by atoms with Crippen LogP contribution in [0.4, 0.5) is 4.79 Å². The van der Waals surface area contributed by atoms with Crippen LogP contribution in [0.2, 0.25) is 0 Å². The Kier molecular flexibility index (Phi) is 6.07. The third-order valence-electron chi connectivity index (χ3n) is 2.10. The fraction of sp³-hybridized carbons (Fsp3) is 0.500. The minimum Gasteiger partial charge on any atom is -0.323 e. The average molecular weight is 275 g/mol. The molecule has 0 bridgehead atoms. The molecule has 17 heavy (non-hydrogen) atoms. The Hall–Kier alpha value is -1.01. The molecular weight excluding hydrogens is 260 g/mol. The van der Waals surface area contributed by atoms with Gasteiger partial charge in [0.25, 0.3) is 0 Å². The molecule has 0 fully saturated rings. The molecule has 0 radical (unpaired) electrons. The van der Waals surface area contributed by atoms with Gasteiger partial charge in [0.2, 0.25) is 5.16 Å². The van der Waals surface area contributed by atoms with E-state index in [1.165, 1.54) is 28.3 Å². The first-order valence-corrected chi connectivity index (χ1v) is 6.74. The summed E-state index contributed by atoms with van der Waals surface area (Å²) in [5.41, 5.74) is 1.45. The fourth-order valence-electron chi connectivity index (χ4n) is 1.20. The second-order valence-electron chi connectivity index (χ2n) is 3.10. The highest BCUT2D eigenvalue weighted by Gasteiger charge is 2.13. The van der Waals surface area contributed by atoms with E-state index in [-0.39, 0.29) is 6.03 Å². The number of rotatable bonds is 5. The molecule has 1 rings (SSSR count). The van der Waals surface area contributed by atoms with Crippen molar-refractivity contribution in [1.29, 1.82) is 0 Å². The zero-order chi connectivity index (χ0) is 12.7. The van der Waals surface area contributed by atoms with Crippen molar-refractivity contribution in [3.05, 3.63) is 17.9 Å². The van der Waals surface area contributed by atoms with Gasteiger partial charge in [0.15, 0.2) is 0 Å². The summed E-state index contributed by atoms with van der Waals surface area (Å²) in [5, 5.41) is 4.67. The van der Waals surface area contributed by atoms with Gasteiger partial charge >= 0.3 is 6.03 Å². The highest BCUT2D eigenvalue weighted by Crippen LogP contribution is 2.12. The molecule has 0 aliphatic rings. The Balaban J connectivity index is 2.63. The molecule has 5 nitrogen and oxygen atoms in total. The molecule has 0 atom stereocenters. The number of hydrogen-bond acceptors (Lipinski definition) is 4. The van der Waals surface area contributed by atoms with Crippen LogP contribution in [0.1, 0.15) is 13.8 Å². The Labute approximate surface area is 110 Å². The van der Waals surface area contributed by atoms with E-state index in [0.717, 1.165) is 0 Å². The van der Waals surface area contributed by atoms with Crippen molar-refractivity contribution in [3.8, 4) is 0 Å². The lowest BCUT2D eigenvalue weighted by Crippen LogP contribution is -2.34. The van der Waals surface area contributed by atoms with Crippen LogP contribution in [0.15, 0.2) is 23.1 Å². The van der Waals surface area contributed by atoms with Crippen LogP contribution in [0.5, 0.6) is 0 Å². The van der Waals surface area contributed by atoms with Crippen LogP contribution in [0.3, 0.4) is 0 Å². The lowest BCUT2D eigenvalue weighted by atomic mass is 10.5. The molecular formula is C10H15ClN4OS. The lowest BCUT2D eigenvalue weighted by molar-refractivity contribution is 0.201. The molecule has 0 saturated carbocycles. The van der Waals surface area contributed by atoms with E-state index in [1.54, 1.807) is 11.0 Å². The summed E-state index contributed by atoms with van der Waals surface area (Å²) in [6, 6.07) is -0.151. The van der Waals surface area contributed by atoms with Crippen molar-refractivity contribution >= 4 is 29.4 Å². The van der Waals surface area contributed by atoms with Gasteiger partial charge in [-0.3, -0.25) is 0 Å². The second kappa shape index (κ2) is 7.34. The first-order chi connectivity index (χ1) is 8.22. The second-order valence-corrected chi connectivity index (χ2v) is 4.34. The number of carbonyl (C=O) groups excluding carboxylic acids is 1. The predicted octanol–water partition coefficient (Wildman–Crippen LogP) is 2.43. The Morgan fingerprint density at radius 3 is 2.88 bits per heavy atom. The SMILES string of the molecule is CCN(CC)C(=O)n1cnc(SCC=CCl)n1. The maximum Gasteiger partial charge on any atom is 0.346 e. The number of thioether (sulfide) groups is 1. The minimum absolute atomic E-state index is 0.151. The van der Waals surface area contributed by atoms with Crippen molar-refractivity contribution in [2.24, 2.45) is 0 Å². The van der Waals surface area contributed by atoms with Crippen molar-refractivity contribution in [3.63, 3.8) is 0 Å². The summed E-state index contributed by atoms with van der Waals surface area (Å²) in [6.45, 7) is 5.18. The van der Waals surface area contributed by atoms with Gasteiger partial charge in [0.05, 0.1) is 0 Å². The zero-order valence-electron chi connectivity index (χ0n) is 9.84. The maximum absolute atomic E-state index is 11.9. The van der Waals surface area contributed by atoms with Gasteiger partial charge < -0.3 is 4.90 Å². The normalized spacial score (nSPS) is 11.0. The Bertz CT molecular complexity index is 389. The summed E-state index contributed by atoms with van der Waals surface area (Å²) < 4.78 is 1.26. The van der Waals surface area contributed by atoms with Crippen LogP contribution in [0, 0.1) is 0 Å². The largest absolute Gasteiger partial charge is 0.346 e. The smallest absolute Gasteiger partial charge is 0.323 e. The summed E-state index contributed by atoms with van der Waals surface area (Å²) in [5.74, 6) is 0.687. The van der Waals surface area contributed by atoms with Gasteiger partial charge in [-0.1, -0.05) is 29.4 Å². The lowest BCUT2D eigenvalue weighted by Gasteiger charge is -2.17. The molecule has 0 aliphatic heterocycles. The molecule has 1 amide bonds. The van der Waals surface area contributed by atoms with E-state index >= 15 is 0 Å². The van der Waals surface area contributed by atoms with Crippen molar-refractivity contribution in [2.75, 3.05) is 18.8 Å². The van der Waals surface area contributed by atoms with Gasteiger partial charge in [0.1, 0.15) is 6.33 Å². The molecule has 0 aliphatic carbocycles. The summed E-state index contributed by atoms with van der Waals surface area (Å²) >= 11 is 6.83. The minimum atomic E-state index is -0.151. The number of carbonyl (C=O) groups is 1. The van der Waals surface area contributed by atoms with Crippen molar-refractivity contribution < 1.29 is 4.79 Å². The van der Waals surface area contributed by atoms with Crippen molar-refractivity contribution in [1.82, 2.24) is 19.7 Å². The molecule has 94 valence electrons. The quantitative estimate of drug-likeness (QED) is 0.774. The van der Waals surface area contributed by atoms with Gasteiger partial charge in [-0.05, 0) is 13.8 Å². The van der Waals surface area contributed by atoms with Gasteiger partial charge in [-0.25, -0.2) is 9.78 Å². The van der Waals surface area contributed by atoms with E-state index < -0.39 is 0 Å². The molecule has 0 saturated heterocycles. The molecule has 7 heteroatoms. The maximum atomic E-state index is 11.9. The number of amides is 1. The van der Waals surface area contributed by atoms with Crippen LogP contribution in [-0.2, 0) is 0 Å². The number of nitrogens with zero attached hydrogens (tertiary/aromatic N) is 4. The van der Waals surface area contributed by atoms with E-state index in [4.69, 9.17) is 11.6 Å². The highest BCUT2D eigenvalue weighted by atomic mass is 35.5. The summed E-state index contributed by atoms with van der Waals surface area (Å²) in [6.07, 6.45) is 3.23. The average Bonchev–Trinajstić information content (AvgIpc) is 2.79. The number of halogens is 1. The number of hydrogen-bond donors (Lipinski definition) is 0. The zero-order valence-corrected chi connectivity index (χ0v) is 11.4.